The largest absolute Gasteiger partial charge is 0.497 e. The average Bonchev–Trinajstić information content (AvgIpc) is 3.93. The number of hydrogen-bond acceptors (Lipinski definition) is 5. The van der Waals surface area contributed by atoms with Crippen molar-refractivity contribution in [3.05, 3.63) is 164 Å². The molecule has 0 radical (unpaired) electrons. The lowest BCUT2D eigenvalue weighted by molar-refractivity contribution is 0.415. The maximum Gasteiger partial charge on any atom is 0.120 e. The van der Waals surface area contributed by atoms with Gasteiger partial charge in [-0.05, 0) is 78.4 Å². The summed E-state index contributed by atoms with van der Waals surface area (Å²) in [6.07, 6.45) is 3.58. The van der Waals surface area contributed by atoms with Crippen molar-refractivity contribution < 1.29 is 14.2 Å². The topological polar surface area (TPSA) is 79.2 Å². The fourth-order valence-electron chi connectivity index (χ4n) is 9.12. The summed E-state index contributed by atoms with van der Waals surface area (Å²) in [4.78, 5) is 4.44. The summed E-state index contributed by atoms with van der Waals surface area (Å²) in [5, 5.41) is 18.2. The summed E-state index contributed by atoms with van der Waals surface area (Å²) in [5.41, 5.74) is 10.3. The molecule has 11 rings (SSSR count). The van der Waals surface area contributed by atoms with Gasteiger partial charge in [0.2, 0.25) is 0 Å². The van der Waals surface area contributed by atoms with E-state index in [1.807, 2.05) is 36.4 Å². The third kappa shape index (κ3) is 4.98. The van der Waals surface area contributed by atoms with Crippen LogP contribution >= 0.6 is 0 Å². The molecule has 282 valence electrons. The maximum atomic E-state index is 11.7. The molecular formula is C51H35N5O3. The van der Waals surface area contributed by atoms with Crippen LogP contribution in [0.1, 0.15) is 5.56 Å². The highest BCUT2D eigenvalue weighted by atomic mass is 16.5. The summed E-state index contributed by atoms with van der Waals surface area (Å²) in [5.74, 6) is 2.19. The number of methoxy groups -OCH3 is 3. The number of nitriles is 1. The molecule has 11 aromatic rings. The van der Waals surface area contributed by atoms with E-state index < -0.39 is 0 Å². The van der Waals surface area contributed by atoms with Gasteiger partial charge in [0, 0.05) is 68.5 Å². The van der Waals surface area contributed by atoms with Crippen molar-refractivity contribution >= 4 is 65.4 Å². The minimum absolute atomic E-state index is 0.507. The Morgan fingerprint density at radius 2 is 0.847 bits per heavy atom. The van der Waals surface area contributed by atoms with Crippen molar-refractivity contribution in [2.75, 3.05) is 21.3 Å². The molecule has 0 saturated carbocycles. The number of hydrogen-bond donors (Lipinski definition) is 0. The Bertz CT molecular complexity index is 3530. The summed E-state index contributed by atoms with van der Waals surface area (Å²) >= 11 is 0. The average molecular weight is 766 g/mol. The van der Waals surface area contributed by atoms with Gasteiger partial charge in [-0.1, -0.05) is 54.6 Å². The van der Waals surface area contributed by atoms with Crippen molar-refractivity contribution in [1.82, 2.24) is 18.7 Å². The number of aromatic nitrogens is 4. The molecule has 0 bridgehead atoms. The maximum absolute atomic E-state index is 11.7. The molecule has 0 aliphatic rings. The quantitative estimate of drug-likeness (QED) is 0.161. The Morgan fingerprint density at radius 3 is 1.31 bits per heavy atom. The summed E-state index contributed by atoms with van der Waals surface area (Å²) in [6.45, 7) is 0. The predicted octanol–water partition coefficient (Wildman–Crippen LogP) is 11.9. The summed E-state index contributed by atoms with van der Waals surface area (Å²) in [7, 11) is 5.07. The highest BCUT2D eigenvalue weighted by molar-refractivity contribution is 6.14. The number of pyridine rings is 1. The molecule has 0 fully saturated rings. The van der Waals surface area contributed by atoms with Gasteiger partial charge in [0.25, 0.3) is 0 Å². The number of fused-ring (bicyclic) bond motifs is 9. The van der Waals surface area contributed by atoms with Crippen LogP contribution in [-0.4, -0.2) is 40.0 Å². The molecule has 8 heteroatoms. The Hall–Kier alpha value is -8.02. The number of nitrogens with zero attached hydrogens (tertiary/aromatic N) is 5. The van der Waals surface area contributed by atoms with Crippen LogP contribution in [0.3, 0.4) is 0 Å². The predicted molar refractivity (Wildman–Crippen MR) is 237 cm³/mol. The van der Waals surface area contributed by atoms with Crippen molar-refractivity contribution in [1.29, 1.82) is 5.26 Å². The molecule has 59 heavy (non-hydrogen) atoms. The van der Waals surface area contributed by atoms with Crippen molar-refractivity contribution in [3.8, 4) is 51.5 Å². The second-order valence-corrected chi connectivity index (χ2v) is 14.6. The van der Waals surface area contributed by atoms with Crippen LogP contribution in [-0.2, 0) is 0 Å². The van der Waals surface area contributed by atoms with E-state index in [9.17, 15) is 5.26 Å². The molecule has 4 aromatic heterocycles. The molecule has 0 N–H and O–H groups in total. The van der Waals surface area contributed by atoms with Crippen LogP contribution in [0.25, 0.3) is 93.6 Å². The third-order valence-electron chi connectivity index (χ3n) is 11.7. The number of benzene rings is 7. The van der Waals surface area contributed by atoms with Crippen LogP contribution in [0, 0.1) is 11.3 Å². The molecule has 0 atom stereocenters. The smallest absolute Gasteiger partial charge is 0.120 e. The van der Waals surface area contributed by atoms with Gasteiger partial charge >= 0.3 is 0 Å². The van der Waals surface area contributed by atoms with Gasteiger partial charge in [-0.25, -0.2) is 0 Å². The van der Waals surface area contributed by atoms with E-state index in [4.69, 9.17) is 14.2 Å². The Balaban J connectivity index is 1.44. The Morgan fingerprint density at radius 1 is 0.441 bits per heavy atom. The number of para-hydroxylation sites is 3. The van der Waals surface area contributed by atoms with E-state index in [-0.39, 0.29) is 0 Å². The van der Waals surface area contributed by atoms with E-state index in [1.165, 1.54) is 0 Å². The first-order valence-corrected chi connectivity index (χ1v) is 19.4. The van der Waals surface area contributed by atoms with Crippen LogP contribution in [0.5, 0.6) is 17.2 Å². The number of ether oxygens (including phenoxy) is 3. The van der Waals surface area contributed by atoms with Crippen LogP contribution in [0.2, 0.25) is 0 Å². The van der Waals surface area contributed by atoms with Crippen molar-refractivity contribution in [2.24, 2.45) is 0 Å². The molecule has 0 saturated heterocycles. The zero-order valence-electron chi connectivity index (χ0n) is 32.5. The highest BCUT2D eigenvalue weighted by Crippen LogP contribution is 2.47. The Labute approximate surface area is 338 Å². The van der Waals surface area contributed by atoms with Gasteiger partial charge in [0.1, 0.15) is 23.3 Å². The number of rotatable bonds is 7. The zero-order valence-corrected chi connectivity index (χ0v) is 32.5. The Kier molecular flexibility index (Phi) is 7.71. The molecule has 0 aliphatic carbocycles. The summed E-state index contributed by atoms with van der Waals surface area (Å²) < 4.78 is 24.4. The van der Waals surface area contributed by atoms with Gasteiger partial charge in [-0.3, -0.25) is 4.98 Å². The molecular weight excluding hydrogens is 731 g/mol. The minimum Gasteiger partial charge on any atom is -0.497 e. The fraction of sp³-hybridized carbons (Fsp3) is 0.0588. The van der Waals surface area contributed by atoms with Gasteiger partial charge in [0.05, 0.1) is 77.1 Å². The van der Waals surface area contributed by atoms with Gasteiger partial charge in [-0.2, -0.15) is 5.26 Å². The van der Waals surface area contributed by atoms with Crippen LogP contribution < -0.4 is 14.2 Å². The van der Waals surface area contributed by atoms with E-state index in [2.05, 4.69) is 134 Å². The minimum atomic E-state index is 0.507. The normalized spacial score (nSPS) is 11.6. The van der Waals surface area contributed by atoms with E-state index in [0.717, 1.165) is 111 Å². The molecule has 7 aromatic carbocycles. The lowest BCUT2D eigenvalue weighted by atomic mass is 9.95. The van der Waals surface area contributed by atoms with Crippen LogP contribution in [0.4, 0.5) is 0 Å². The first kappa shape index (κ1) is 34.2. The molecule has 0 spiro atoms. The fourth-order valence-corrected chi connectivity index (χ4v) is 9.12. The molecule has 0 aliphatic heterocycles. The molecule has 0 amide bonds. The molecule has 4 heterocycles. The van der Waals surface area contributed by atoms with E-state index in [0.29, 0.717) is 5.56 Å². The van der Waals surface area contributed by atoms with Crippen LogP contribution in [0.15, 0.2) is 158 Å². The molecule has 8 nitrogen and oxygen atoms in total. The monoisotopic (exact) mass is 765 g/mol. The SMILES string of the molecule is COc1ccc2c3ccccc3n(-c3cc(-n4c5ccccc5c5ccc(OC)cc54)c(-n4c5ccccc5c5ccc(OC)cc54)c(-c4ccncc4)c3C#N)c2c1. The van der Waals surface area contributed by atoms with Gasteiger partial charge < -0.3 is 27.9 Å². The van der Waals surface area contributed by atoms with Gasteiger partial charge in [0.15, 0.2) is 0 Å². The second-order valence-electron chi connectivity index (χ2n) is 14.6. The van der Waals surface area contributed by atoms with E-state index >= 15 is 0 Å². The van der Waals surface area contributed by atoms with Gasteiger partial charge in [-0.15, -0.1) is 0 Å². The standard InChI is InChI=1S/C51H35N5O3/c1-57-32-16-19-38-35-10-4-7-13-42(35)54(45(38)26-32)48-29-49(55-43-14-8-5-11-36(43)39-20-17-33(58-2)27-46(39)55)51(50(41(48)30-52)31-22-24-53-25-23-31)56-44-15-9-6-12-37(44)40-21-18-34(59-3)28-47(40)56/h4-29H,1-3H3. The third-order valence-corrected chi connectivity index (χ3v) is 11.7. The zero-order chi connectivity index (χ0) is 39.8. The van der Waals surface area contributed by atoms with Crippen molar-refractivity contribution in [3.63, 3.8) is 0 Å². The summed E-state index contributed by atoms with van der Waals surface area (Å²) in [6, 6.07) is 52.8. The van der Waals surface area contributed by atoms with Crippen molar-refractivity contribution in [2.45, 2.75) is 0 Å². The first-order valence-electron chi connectivity index (χ1n) is 19.4. The lowest BCUT2D eigenvalue weighted by Gasteiger charge is -2.25. The second kappa shape index (κ2) is 13.3. The first-order chi connectivity index (χ1) is 29.1. The lowest BCUT2D eigenvalue weighted by Crippen LogP contribution is -2.11. The molecule has 0 unspecified atom stereocenters. The highest BCUT2D eigenvalue weighted by Gasteiger charge is 2.29. The van der Waals surface area contributed by atoms with E-state index in [1.54, 1.807) is 33.7 Å².